The van der Waals surface area contributed by atoms with Gasteiger partial charge in [-0.05, 0) is 37.1 Å². The highest BCUT2D eigenvalue weighted by Crippen LogP contribution is 2.11. The molecule has 2 aliphatic rings. The normalized spacial score (nSPS) is 20.2. The van der Waals surface area contributed by atoms with Gasteiger partial charge in [-0.25, -0.2) is 0 Å². The quantitative estimate of drug-likeness (QED) is 0.695. The van der Waals surface area contributed by atoms with Gasteiger partial charge in [-0.3, -0.25) is 9.69 Å². The molecule has 3 rings (SSSR count). The van der Waals surface area contributed by atoms with E-state index >= 15 is 0 Å². The Morgan fingerprint density at radius 1 is 1.00 bits per heavy atom. The fraction of sp³-hybridized carbons (Fsp3) is 0.650. The lowest BCUT2D eigenvalue weighted by Crippen LogP contribution is -2.46. The Balaban J connectivity index is 0.00000243. The van der Waals surface area contributed by atoms with E-state index in [0.29, 0.717) is 6.54 Å². The van der Waals surface area contributed by atoms with Crippen molar-refractivity contribution in [3.63, 3.8) is 0 Å². The number of piperazine rings is 1. The maximum Gasteiger partial charge on any atom is 0.237 e. The summed E-state index contributed by atoms with van der Waals surface area (Å²) in [5.74, 6) is 0.137. The van der Waals surface area contributed by atoms with Crippen LogP contribution in [-0.2, 0) is 17.9 Å². The van der Waals surface area contributed by atoms with E-state index in [0.717, 1.165) is 45.6 Å². The van der Waals surface area contributed by atoms with Crippen molar-refractivity contribution < 1.29 is 4.79 Å². The van der Waals surface area contributed by atoms with Gasteiger partial charge in [0.25, 0.3) is 0 Å². The minimum atomic E-state index is -0.00480. The molecule has 8 heteroatoms. The maximum absolute atomic E-state index is 12.2. The molecule has 0 aliphatic carbocycles. The van der Waals surface area contributed by atoms with Gasteiger partial charge in [0.1, 0.15) is 0 Å². The van der Waals surface area contributed by atoms with Gasteiger partial charge in [0.2, 0.25) is 5.91 Å². The molecule has 28 heavy (non-hydrogen) atoms. The molecule has 5 nitrogen and oxygen atoms in total. The second kappa shape index (κ2) is 14.4. The van der Waals surface area contributed by atoms with Crippen LogP contribution in [-0.4, -0.2) is 61.0 Å². The molecule has 2 saturated heterocycles. The number of hydrogen-bond acceptors (Lipinski definition) is 4. The van der Waals surface area contributed by atoms with Crippen LogP contribution in [0.3, 0.4) is 0 Å². The van der Waals surface area contributed by atoms with Gasteiger partial charge in [-0.15, -0.1) is 37.2 Å². The van der Waals surface area contributed by atoms with Gasteiger partial charge in [-0.1, -0.05) is 37.6 Å². The average Bonchev–Trinajstić information content (AvgIpc) is 2.68. The van der Waals surface area contributed by atoms with Crippen molar-refractivity contribution in [1.29, 1.82) is 0 Å². The van der Waals surface area contributed by atoms with Crippen molar-refractivity contribution in [3.8, 4) is 0 Å². The van der Waals surface area contributed by atoms with Crippen molar-refractivity contribution in [2.45, 2.75) is 45.3 Å². The Labute approximate surface area is 188 Å². The zero-order valence-corrected chi connectivity index (χ0v) is 19.1. The van der Waals surface area contributed by atoms with Gasteiger partial charge in [0, 0.05) is 39.3 Å². The summed E-state index contributed by atoms with van der Waals surface area (Å²) in [6, 6.07) is 8.69. The number of piperidine rings is 1. The number of amides is 1. The minimum absolute atomic E-state index is 0. The van der Waals surface area contributed by atoms with Crippen LogP contribution < -0.4 is 10.6 Å². The topological polar surface area (TPSA) is 47.6 Å². The smallest absolute Gasteiger partial charge is 0.237 e. The lowest BCUT2D eigenvalue weighted by atomic mass is 10.0. The number of rotatable bonds is 6. The molecule has 2 N–H and O–H groups in total. The average molecular weight is 454 g/mol. The first-order valence-electron chi connectivity index (χ1n) is 9.78. The highest BCUT2D eigenvalue weighted by Gasteiger charge is 2.20. The molecule has 1 aromatic rings. The van der Waals surface area contributed by atoms with E-state index < -0.39 is 0 Å². The number of nitrogens with zero attached hydrogens (tertiary/aromatic N) is 2. The van der Waals surface area contributed by atoms with E-state index in [1.165, 1.54) is 30.6 Å². The first-order valence-corrected chi connectivity index (χ1v) is 9.78. The zero-order chi connectivity index (χ0) is 17.5. The number of hydrogen-bond donors (Lipinski definition) is 2. The molecule has 1 amide bonds. The van der Waals surface area contributed by atoms with Gasteiger partial charge in [-0.2, -0.15) is 0 Å². The summed E-state index contributed by atoms with van der Waals surface area (Å²) in [5, 5.41) is 6.36. The first kappa shape index (κ1) is 27.4. The molecule has 1 atom stereocenters. The number of carbonyl (C=O) groups is 1. The lowest BCUT2D eigenvalue weighted by Gasteiger charge is -2.34. The molecule has 1 aromatic carbocycles. The molecule has 0 saturated carbocycles. The molecule has 2 aliphatic heterocycles. The molecule has 2 fully saturated rings. The van der Waals surface area contributed by atoms with E-state index in [2.05, 4.69) is 51.6 Å². The van der Waals surface area contributed by atoms with Crippen LogP contribution in [0.25, 0.3) is 0 Å². The van der Waals surface area contributed by atoms with Crippen molar-refractivity contribution in [3.05, 3.63) is 35.4 Å². The summed E-state index contributed by atoms with van der Waals surface area (Å²) in [5.41, 5.74) is 2.53. The van der Waals surface area contributed by atoms with Crippen LogP contribution in [0.5, 0.6) is 0 Å². The first-order chi connectivity index (χ1) is 12.2. The van der Waals surface area contributed by atoms with Crippen LogP contribution in [0.2, 0.25) is 0 Å². The van der Waals surface area contributed by atoms with E-state index in [1.807, 2.05) is 0 Å². The zero-order valence-electron chi connectivity index (χ0n) is 16.7. The van der Waals surface area contributed by atoms with Crippen molar-refractivity contribution >= 4 is 43.1 Å². The molecule has 1 unspecified atom stereocenters. The Morgan fingerprint density at radius 2 is 1.61 bits per heavy atom. The van der Waals surface area contributed by atoms with Gasteiger partial charge in [0.15, 0.2) is 0 Å². The Morgan fingerprint density at radius 3 is 2.18 bits per heavy atom. The Bertz CT molecular complexity index is 545. The third kappa shape index (κ3) is 8.44. The van der Waals surface area contributed by atoms with Crippen LogP contribution in [0, 0.1) is 0 Å². The molecular weight excluding hydrogens is 419 g/mol. The summed E-state index contributed by atoms with van der Waals surface area (Å²) in [7, 11) is 0. The third-order valence-corrected chi connectivity index (χ3v) is 5.43. The van der Waals surface area contributed by atoms with Crippen molar-refractivity contribution in [2.24, 2.45) is 0 Å². The summed E-state index contributed by atoms with van der Waals surface area (Å²) in [4.78, 5) is 17.2. The second-order valence-corrected chi connectivity index (χ2v) is 7.25. The summed E-state index contributed by atoms with van der Waals surface area (Å²) in [6.45, 7) is 10.6. The number of likely N-dealkylation sites (N-methyl/N-ethyl adjacent to an activating group) is 1. The Hall–Kier alpha value is -0.560. The predicted molar refractivity (Wildman–Crippen MR) is 123 cm³/mol. The molecule has 0 bridgehead atoms. The van der Waals surface area contributed by atoms with Gasteiger partial charge in [0.05, 0.1) is 6.04 Å². The number of nitrogens with one attached hydrogen (secondary N) is 2. The molecule has 0 radical (unpaired) electrons. The highest BCUT2D eigenvalue weighted by atomic mass is 35.5. The summed E-state index contributed by atoms with van der Waals surface area (Å²) >= 11 is 0. The fourth-order valence-electron chi connectivity index (χ4n) is 3.67. The Kier molecular flexibility index (Phi) is 14.1. The van der Waals surface area contributed by atoms with E-state index in [1.54, 1.807) is 0 Å². The van der Waals surface area contributed by atoms with Crippen LogP contribution >= 0.6 is 37.2 Å². The van der Waals surface area contributed by atoms with Crippen LogP contribution in [0.1, 0.15) is 37.3 Å². The fourth-order valence-corrected chi connectivity index (χ4v) is 3.67. The molecular formula is C20H35Cl3N4O. The minimum Gasteiger partial charge on any atom is -0.351 e. The SMILES string of the molecule is CCN1CCN(Cc2ccc(CNC(=O)C3CCCCN3)cc2)CC1.Cl.Cl.Cl. The van der Waals surface area contributed by atoms with E-state index in [4.69, 9.17) is 0 Å². The second-order valence-electron chi connectivity index (χ2n) is 7.25. The maximum atomic E-state index is 12.2. The largest absolute Gasteiger partial charge is 0.351 e. The van der Waals surface area contributed by atoms with E-state index in [-0.39, 0.29) is 49.2 Å². The van der Waals surface area contributed by atoms with Gasteiger partial charge >= 0.3 is 0 Å². The lowest BCUT2D eigenvalue weighted by molar-refractivity contribution is -0.123. The van der Waals surface area contributed by atoms with E-state index in [9.17, 15) is 4.79 Å². The molecule has 162 valence electrons. The summed E-state index contributed by atoms with van der Waals surface area (Å²) in [6.07, 6.45) is 3.28. The van der Waals surface area contributed by atoms with Crippen molar-refractivity contribution in [2.75, 3.05) is 39.3 Å². The number of benzene rings is 1. The highest BCUT2D eigenvalue weighted by molar-refractivity contribution is 5.86. The monoisotopic (exact) mass is 452 g/mol. The van der Waals surface area contributed by atoms with Gasteiger partial charge < -0.3 is 15.5 Å². The van der Waals surface area contributed by atoms with Crippen molar-refractivity contribution in [1.82, 2.24) is 20.4 Å². The molecule has 0 spiro atoms. The van der Waals surface area contributed by atoms with Crippen LogP contribution in [0.15, 0.2) is 24.3 Å². The molecule has 2 heterocycles. The summed E-state index contributed by atoms with van der Waals surface area (Å²) < 4.78 is 0. The molecule has 0 aromatic heterocycles. The number of carbonyl (C=O) groups excluding carboxylic acids is 1. The van der Waals surface area contributed by atoms with Crippen LogP contribution in [0.4, 0.5) is 0 Å². The third-order valence-electron chi connectivity index (χ3n) is 5.43. The predicted octanol–water partition coefficient (Wildman–Crippen LogP) is 2.85. The number of halogens is 3. The standard InChI is InChI=1S/C20H32N4O.3ClH/c1-2-23-11-13-24(14-12-23)16-18-8-6-17(7-9-18)15-22-20(25)19-5-3-4-10-21-19;;;/h6-9,19,21H,2-5,10-16H2,1H3,(H,22,25);3*1H.